The third kappa shape index (κ3) is 8.47. The number of carboxylic acids is 2. The van der Waals surface area contributed by atoms with E-state index in [2.05, 4.69) is 20.1 Å². The molecule has 1 rings (SSSR count). The molecular formula is C15H19FN2O8. The van der Waals surface area contributed by atoms with Crippen molar-refractivity contribution in [2.24, 2.45) is 0 Å². The second-order valence-corrected chi connectivity index (χ2v) is 4.65. The van der Waals surface area contributed by atoms with Crippen LogP contribution in [-0.4, -0.2) is 54.6 Å². The van der Waals surface area contributed by atoms with Crippen molar-refractivity contribution >= 4 is 24.1 Å². The van der Waals surface area contributed by atoms with Crippen LogP contribution >= 0.6 is 0 Å². The predicted molar refractivity (Wildman–Crippen MR) is 85.0 cm³/mol. The summed E-state index contributed by atoms with van der Waals surface area (Å²) in [5, 5.41) is 21.3. The summed E-state index contributed by atoms with van der Waals surface area (Å²) in [5.41, 5.74) is 0.263. The van der Waals surface area contributed by atoms with E-state index in [1.54, 1.807) is 0 Å². The highest BCUT2D eigenvalue weighted by Gasteiger charge is 2.22. The fourth-order valence-electron chi connectivity index (χ4n) is 1.42. The molecule has 0 aliphatic rings. The first-order valence-electron chi connectivity index (χ1n) is 7.02. The molecule has 4 N–H and O–H groups in total. The SMILES string of the molecule is COC(=O)N[C@@H](C)C(=O)O.COC(=O)N[C@H](C(=O)O)c1ccc(F)cc1. The minimum absolute atomic E-state index is 0.263. The van der Waals surface area contributed by atoms with Gasteiger partial charge in [-0.1, -0.05) is 12.1 Å². The van der Waals surface area contributed by atoms with Gasteiger partial charge in [0.05, 0.1) is 14.2 Å². The second-order valence-electron chi connectivity index (χ2n) is 4.65. The molecule has 0 aromatic heterocycles. The number of hydrogen-bond donors (Lipinski definition) is 4. The molecule has 0 saturated heterocycles. The maximum absolute atomic E-state index is 12.6. The average molecular weight is 374 g/mol. The maximum Gasteiger partial charge on any atom is 0.407 e. The van der Waals surface area contributed by atoms with E-state index >= 15 is 0 Å². The topological polar surface area (TPSA) is 151 Å². The molecule has 0 saturated carbocycles. The Morgan fingerprint density at radius 2 is 1.38 bits per heavy atom. The van der Waals surface area contributed by atoms with Crippen molar-refractivity contribution in [1.82, 2.24) is 10.6 Å². The minimum Gasteiger partial charge on any atom is -0.480 e. The molecule has 1 aromatic carbocycles. The molecule has 11 heteroatoms. The van der Waals surface area contributed by atoms with Crippen molar-refractivity contribution in [3.63, 3.8) is 0 Å². The molecule has 144 valence electrons. The quantitative estimate of drug-likeness (QED) is 0.598. The van der Waals surface area contributed by atoms with E-state index < -0.39 is 42.0 Å². The number of nitrogens with one attached hydrogen (secondary N) is 2. The smallest absolute Gasteiger partial charge is 0.407 e. The molecule has 0 aliphatic carbocycles. The normalized spacial score (nSPS) is 11.7. The molecule has 0 radical (unpaired) electrons. The van der Waals surface area contributed by atoms with Crippen LogP contribution in [0.2, 0.25) is 0 Å². The minimum atomic E-state index is -1.26. The van der Waals surface area contributed by atoms with Gasteiger partial charge in [-0.2, -0.15) is 0 Å². The number of methoxy groups -OCH3 is 2. The van der Waals surface area contributed by atoms with Crippen LogP contribution in [0.15, 0.2) is 24.3 Å². The van der Waals surface area contributed by atoms with Gasteiger partial charge in [0, 0.05) is 0 Å². The zero-order chi connectivity index (χ0) is 20.3. The molecule has 10 nitrogen and oxygen atoms in total. The lowest BCUT2D eigenvalue weighted by Crippen LogP contribution is -2.38. The summed E-state index contributed by atoms with van der Waals surface area (Å²) in [6, 6.07) is 2.63. The van der Waals surface area contributed by atoms with Gasteiger partial charge in [0.25, 0.3) is 0 Å². The number of amides is 2. The number of carboxylic acid groups (broad SMARTS) is 2. The molecule has 2 amide bonds. The number of ether oxygens (including phenoxy) is 2. The lowest BCUT2D eigenvalue weighted by atomic mass is 10.1. The number of halogens is 1. The molecule has 0 heterocycles. The molecule has 0 unspecified atom stereocenters. The summed E-state index contributed by atoms with van der Waals surface area (Å²) >= 11 is 0. The highest BCUT2D eigenvalue weighted by Crippen LogP contribution is 2.14. The molecule has 1 aromatic rings. The Bertz CT molecular complexity index is 635. The van der Waals surface area contributed by atoms with Crippen molar-refractivity contribution < 1.29 is 43.3 Å². The van der Waals surface area contributed by atoms with Gasteiger partial charge in [-0.25, -0.2) is 18.8 Å². The summed E-state index contributed by atoms with van der Waals surface area (Å²) in [7, 11) is 2.29. The van der Waals surface area contributed by atoms with Gasteiger partial charge < -0.3 is 30.3 Å². The fraction of sp³-hybridized carbons (Fsp3) is 0.333. The Hall–Kier alpha value is -3.37. The highest BCUT2D eigenvalue weighted by molar-refractivity contribution is 5.81. The number of alkyl carbamates (subject to hydrolysis) is 2. The Morgan fingerprint density at radius 3 is 1.77 bits per heavy atom. The first kappa shape index (κ1) is 22.6. The average Bonchev–Trinajstić information content (AvgIpc) is 2.60. The summed E-state index contributed by atoms with van der Waals surface area (Å²) in [5.74, 6) is -2.83. The van der Waals surface area contributed by atoms with Gasteiger partial charge in [0.1, 0.15) is 11.9 Å². The van der Waals surface area contributed by atoms with Crippen molar-refractivity contribution in [1.29, 1.82) is 0 Å². The number of benzene rings is 1. The van der Waals surface area contributed by atoms with E-state index in [-0.39, 0.29) is 5.56 Å². The number of hydrogen-bond acceptors (Lipinski definition) is 6. The van der Waals surface area contributed by atoms with Gasteiger partial charge >= 0.3 is 24.1 Å². The van der Waals surface area contributed by atoms with E-state index in [9.17, 15) is 23.6 Å². The molecule has 26 heavy (non-hydrogen) atoms. The Morgan fingerprint density at radius 1 is 0.923 bits per heavy atom. The first-order valence-corrected chi connectivity index (χ1v) is 7.02. The summed E-state index contributed by atoms with van der Waals surface area (Å²) in [6.07, 6.45) is -1.60. The molecular weight excluding hydrogens is 355 g/mol. The van der Waals surface area contributed by atoms with Gasteiger partial charge in [0.2, 0.25) is 0 Å². The van der Waals surface area contributed by atoms with Gasteiger partial charge in [-0.15, -0.1) is 0 Å². The lowest BCUT2D eigenvalue weighted by molar-refractivity contribution is -0.140. The Kier molecular flexibility index (Phi) is 9.78. The molecule has 0 fully saturated rings. The van der Waals surface area contributed by atoms with E-state index in [0.29, 0.717) is 0 Å². The number of aliphatic carboxylic acids is 2. The molecule has 2 atom stereocenters. The predicted octanol–water partition coefficient (Wildman–Crippen LogP) is 1.12. The second kappa shape index (κ2) is 11.2. The van der Waals surface area contributed by atoms with E-state index in [1.165, 1.54) is 26.2 Å². The van der Waals surface area contributed by atoms with Crippen LogP contribution in [-0.2, 0) is 19.1 Å². The van der Waals surface area contributed by atoms with Crippen LogP contribution in [0.5, 0.6) is 0 Å². The number of carbonyl (C=O) groups is 4. The monoisotopic (exact) mass is 374 g/mol. The maximum atomic E-state index is 12.6. The van der Waals surface area contributed by atoms with Crippen LogP contribution < -0.4 is 10.6 Å². The Labute approximate surface area is 147 Å². The third-order valence-corrected chi connectivity index (χ3v) is 2.79. The van der Waals surface area contributed by atoms with Crippen LogP contribution in [0.4, 0.5) is 14.0 Å². The van der Waals surface area contributed by atoms with Gasteiger partial charge in [0.15, 0.2) is 6.04 Å². The largest absolute Gasteiger partial charge is 0.480 e. The molecule has 0 aliphatic heterocycles. The van der Waals surface area contributed by atoms with Crippen LogP contribution in [0.25, 0.3) is 0 Å². The Balaban J connectivity index is 0.000000541. The molecule has 0 spiro atoms. The van der Waals surface area contributed by atoms with Crippen LogP contribution in [0.3, 0.4) is 0 Å². The number of carbonyl (C=O) groups excluding carboxylic acids is 2. The van der Waals surface area contributed by atoms with Crippen molar-refractivity contribution in [3.8, 4) is 0 Å². The first-order chi connectivity index (χ1) is 12.1. The number of rotatable bonds is 5. The fourth-order valence-corrected chi connectivity index (χ4v) is 1.42. The zero-order valence-corrected chi connectivity index (χ0v) is 14.2. The van der Waals surface area contributed by atoms with E-state index in [4.69, 9.17) is 10.2 Å². The summed E-state index contributed by atoms with van der Waals surface area (Å²) in [4.78, 5) is 42.2. The van der Waals surface area contributed by atoms with Crippen molar-refractivity contribution in [2.75, 3.05) is 14.2 Å². The van der Waals surface area contributed by atoms with Crippen LogP contribution in [0, 0.1) is 5.82 Å². The summed E-state index contributed by atoms with van der Waals surface area (Å²) < 4.78 is 21.1. The van der Waals surface area contributed by atoms with E-state index in [1.807, 2.05) is 0 Å². The van der Waals surface area contributed by atoms with Gasteiger partial charge in [-0.05, 0) is 24.6 Å². The standard InChI is InChI=1S/C10H10FNO4.C5H9NO4/c1-16-10(15)12-8(9(13)14)6-2-4-7(11)5-3-6;1-3(4(7)8)6-5(9)10-2/h2-5,8H,1H3,(H,12,15)(H,13,14);3H,1-2H3,(H,6,9)(H,7,8)/t8-;3-/m00/s1. The van der Waals surface area contributed by atoms with Crippen molar-refractivity contribution in [3.05, 3.63) is 35.6 Å². The van der Waals surface area contributed by atoms with E-state index in [0.717, 1.165) is 19.2 Å². The highest BCUT2D eigenvalue weighted by atomic mass is 19.1. The zero-order valence-electron chi connectivity index (χ0n) is 14.2. The van der Waals surface area contributed by atoms with Crippen molar-refractivity contribution in [2.45, 2.75) is 19.0 Å². The summed E-state index contributed by atoms with van der Waals surface area (Å²) in [6.45, 7) is 1.35. The lowest BCUT2D eigenvalue weighted by Gasteiger charge is -2.13. The van der Waals surface area contributed by atoms with Crippen LogP contribution in [0.1, 0.15) is 18.5 Å². The molecule has 0 bridgehead atoms. The third-order valence-electron chi connectivity index (χ3n) is 2.79. The van der Waals surface area contributed by atoms with Gasteiger partial charge in [-0.3, -0.25) is 4.79 Å².